The molecule has 9 heteroatoms. The highest BCUT2D eigenvalue weighted by Crippen LogP contribution is 2.34. The van der Waals surface area contributed by atoms with E-state index >= 15 is 0 Å². The summed E-state index contributed by atoms with van der Waals surface area (Å²) in [5, 5.41) is 1.92. The van der Waals surface area contributed by atoms with E-state index in [9.17, 15) is 26.7 Å². The van der Waals surface area contributed by atoms with Gasteiger partial charge in [-0.2, -0.15) is 13.2 Å². The van der Waals surface area contributed by atoms with Gasteiger partial charge in [0.05, 0.1) is 13.2 Å². The number of ether oxygens (including phenoxy) is 1. The molecular weight excluding hydrogens is 407 g/mol. The van der Waals surface area contributed by atoms with Crippen LogP contribution in [0.1, 0.15) is 17.2 Å². The van der Waals surface area contributed by atoms with E-state index in [1.165, 1.54) is 18.2 Å². The first-order chi connectivity index (χ1) is 14.2. The average Bonchev–Trinajstić information content (AvgIpc) is 2.70. The lowest BCUT2D eigenvalue weighted by atomic mass is 10.0. The van der Waals surface area contributed by atoms with Crippen molar-refractivity contribution in [1.29, 1.82) is 0 Å². The second-order valence-corrected chi connectivity index (χ2v) is 6.71. The lowest BCUT2D eigenvalue weighted by molar-refractivity contribution is -0.162. The van der Waals surface area contributed by atoms with Gasteiger partial charge in [0.15, 0.2) is 6.04 Å². The van der Waals surface area contributed by atoms with E-state index in [2.05, 4.69) is 0 Å². The van der Waals surface area contributed by atoms with Gasteiger partial charge in [0, 0.05) is 30.9 Å². The summed E-state index contributed by atoms with van der Waals surface area (Å²) in [5.41, 5.74) is 0.496. The molecule has 1 amide bonds. The number of hydrogen-bond acceptors (Lipinski definition) is 3. The maximum absolute atomic E-state index is 13.6. The van der Waals surface area contributed by atoms with E-state index in [0.29, 0.717) is 38.1 Å². The summed E-state index contributed by atoms with van der Waals surface area (Å²) in [4.78, 5) is 14.0. The van der Waals surface area contributed by atoms with Crippen LogP contribution in [0.25, 0.3) is 6.08 Å². The zero-order valence-corrected chi connectivity index (χ0v) is 15.8. The van der Waals surface area contributed by atoms with Crippen LogP contribution in [0, 0.1) is 11.6 Å². The van der Waals surface area contributed by atoms with E-state index in [4.69, 9.17) is 4.74 Å². The molecule has 0 radical (unpaired) electrons. The minimum atomic E-state index is -4.74. The first kappa shape index (κ1) is 21.8. The second-order valence-electron chi connectivity index (χ2n) is 6.71. The third-order valence-corrected chi connectivity index (χ3v) is 4.51. The molecule has 1 N–H and O–H groups in total. The molecule has 1 aliphatic heterocycles. The van der Waals surface area contributed by atoms with Gasteiger partial charge in [0.2, 0.25) is 5.91 Å². The van der Waals surface area contributed by atoms with Gasteiger partial charge in [-0.05, 0) is 41.5 Å². The number of nitrogens with one attached hydrogen (secondary N) is 1. The SMILES string of the molecule is O=C(C=Cc1cc(F)cc(F)c1)NC(c1cccc(N2CCOCC2)c1)C(F)(F)F. The summed E-state index contributed by atoms with van der Waals surface area (Å²) < 4.78 is 72.6. The van der Waals surface area contributed by atoms with Crippen molar-refractivity contribution in [2.45, 2.75) is 12.2 Å². The number of halogens is 5. The van der Waals surface area contributed by atoms with Crippen molar-refractivity contribution in [2.24, 2.45) is 0 Å². The third kappa shape index (κ3) is 5.79. The number of hydrogen-bond donors (Lipinski definition) is 1. The van der Waals surface area contributed by atoms with E-state index in [1.807, 2.05) is 10.2 Å². The van der Waals surface area contributed by atoms with Gasteiger partial charge in [-0.3, -0.25) is 4.79 Å². The van der Waals surface area contributed by atoms with Gasteiger partial charge in [-0.1, -0.05) is 12.1 Å². The molecular formula is C21H19F5N2O2. The Morgan fingerprint density at radius 3 is 2.37 bits per heavy atom. The predicted octanol–water partition coefficient (Wildman–Crippen LogP) is 4.23. The van der Waals surface area contributed by atoms with Crippen LogP contribution < -0.4 is 10.2 Å². The average molecular weight is 426 g/mol. The molecule has 1 aliphatic rings. The van der Waals surface area contributed by atoms with Crippen LogP contribution in [0.15, 0.2) is 48.5 Å². The summed E-state index contributed by atoms with van der Waals surface area (Å²) in [7, 11) is 0. The molecule has 30 heavy (non-hydrogen) atoms. The van der Waals surface area contributed by atoms with Crippen molar-refractivity contribution in [3.63, 3.8) is 0 Å². The van der Waals surface area contributed by atoms with Crippen molar-refractivity contribution in [3.8, 4) is 0 Å². The highest BCUT2D eigenvalue weighted by molar-refractivity contribution is 5.92. The second kappa shape index (κ2) is 9.25. The summed E-state index contributed by atoms with van der Waals surface area (Å²) in [6.45, 7) is 2.07. The number of alkyl halides is 3. The van der Waals surface area contributed by atoms with E-state index in [-0.39, 0.29) is 11.1 Å². The molecule has 1 unspecified atom stereocenters. The molecule has 2 aromatic carbocycles. The zero-order chi connectivity index (χ0) is 21.7. The summed E-state index contributed by atoms with van der Waals surface area (Å²) in [6.07, 6.45) is -2.89. The molecule has 1 saturated heterocycles. The highest BCUT2D eigenvalue weighted by atomic mass is 19.4. The predicted molar refractivity (Wildman–Crippen MR) is 102 cm³/mol. The van der Waals surface area contributed by atoms with Crippen LogP contribution >= 0.6 is 0 Å². The van der Waals surface area contributed by atoms with Crippen LogP contribution in [-0.2, 0) is 9.53 Å². The van der Waals surface area contributed by atoms with E-state index in [1.54, 1.807) is 6.07 Å². The molecule has 0 aliphatic carbocycles. The number of anilines is 1. The zero-order valence-electron chi connectivity index (χ0n) is 15.8. The van der Waals surface area contributed by atoms with Crippen molar-refractivity contribution in [2.75, 3.05) is 31.2 Å². The molecule has 0 spiro atoms. The Labute approximate surface area is 169 Å². The molecule has 1 atom stereocenters. The van der Waals surface area contributed by atoms with E-state index < -0.39 is 29.8 Å². The fourth-order valence-corrected chi connectivity index (χ4v) is 3.11. The number of rotatable bonds is 5. The fourth-order valence-electron chi connectivity index (χ4n) is 3.11. The van der Waals surface area contributed by atoms with Gasteiger partial charge >= 0.3 is 6.18 Å². The number of amides is 1. The van der Waals surface area contributed by atoms with Crippen LogP contribution in [0.4, 0.5) is 27.6 Å². The Balaban J connectivity index is 1.78. The summed E-state index contributed by atoms with van der Waals surface area (Å²) in [5.74, 6) is -2.76. The summed E-state index contributed by atoms with van der Waals surface area (Å²) >= 11 is 0. The van der Waals surface area contributed by atoms with Crippen LogP contribution in [-0.4, -0.2) is 38.4 Å². The van der Waals surface area contributed by atoms with E-state index in [0.717, 1.165) is 24.3 Å². The monoisotopic (exact) mass is 426 g/mol. The molecule has 2 aromatic rings. The molecule has 0 bridgehead atoms. The van der Waals surface area contributed by atoms with Crippen LogP contribution in [0.3, 0.4) is 0 Å². The van der Waals surface area contributed by atoms with Crippen LogP contribution in [0.2, 0.25) is 0 Å². The molecule has 1 fully saturated rings. The Morgan fingerprint density at radius 1 is 1.07 bits per heavy atom. The maximum atomic E-state index is 13.6. The first-order valence-electron chi connectivity index (χ1n) is 9.16. The van der Waals surface area contributed by atoms with Crippen molar-refractivity contribution in [1.82, 2.24) is 5.32 Å². The summed E-state index contributed by atoms with van der Waals surface area (Å²) in [6, 6.07) is 6.20. The quantitative estimate of drug-likeness (QED) is 0.575. The van der Waals surface area contributed by atoms with Crippen LogP contribution in [0.5, 0.6) is 0 Å². The topological polar surface area (TPSA) is 41.6 Å². The standard InChI is InChI=1S/C21H19F5N2O2/c22-16-10-14(11-17(23)13-16)4-5-19(29)27-20(21(24,25)26)15-2-1-3-18(12-15)28-6-8-30-9-7-28/h1-5,10-13,20H,6-9H2,(H,27,29). The molecule has 160 valence electrons. The molecule has 3 rings (SSSR count). The van der Waals surface area contributed by atoms with Gasteiger partial charge < -0.3 is 15.0 Å². The first-order valence-corrected chi connectivity index (χ1v) is 9.16. The van der Waals surface area contributed by atoms with Crippen molar-refractivity contribution in [3.05, 3.63) is 71.3 Å². The minimum absolute atomic E-state index is 0.0144. The third-order valence-electron chi connectivity index (χ3n) is 4.51. The number of carbonyl (C=O) groups excluding carboxylic acids is 1. The Kier molecular flexibility index (Phi) is 6.71. The molecule has 0 saturated carbocycles. The molecule has 1 heterocycles. The molecule has 0 aromatic heterocycles. The Bertz CT molecular complexity index is 904. The number of nitrogens with zero attached hydrogens (tertiary/aromatic N) is 1. The fraction of sp³-hybridized carbons (Fsp3) is 0.286. The van der Waals surface area contributed by atoms with Gasteiger partial charge in [0.25, 0.3) is 0 Å². The molecule has 4 nitrogen and oxygen atoms in total. The van der Waals surface area contributed by atoms with Gasteiger partial charge in [-0.25, -0.2) is 8.78 Å². The number of benzene rings is 2. The normalized spacial score (nSPS) is 16.0. The lowest BCUT2D eigenvalue weighted by Crippen LogP contribution is -2.38. The largest absolute Gasteiger partial charge is 0.412 e. The Hall–Kier alpha value is -2.94. The highest BCUT2D eigenvalue weighted by Gasteiger charge is 2.41. The minimum Gasteiger partial charge on any atom is -0.378 e. The lowest BCUT2D eigenvalue weighted by Gasteiger charge is -2.30. The number of morpholine rings is 1. The maximum Gasteiger partial charge on any atom is 0.412 e. The van der Waals surface area contributed by atoms with Gasteiger partial charge in [0.1, 0.15) is 11.6 Å². The van der Waals surface area contributed by atoms with Crippen molar-refractivity contribution < 1.29 is 31.5 Å². The van der Waals surface area contributed by atoms with Crippen molar-refractivity contribution >= 4 is 17.7 Å². The number of carbonyl (C=O) groups is 1. The smallest absolute Gasteiger partial charge is 0.378 e. The van der Waals surface area contributed by atoms with Gasteiger partial charge in [-0.15, -0.1) is 0 Å². The Morgan fingerprint density at radius 2 is 1.73 bits per heavy atom.